The van der Waals surface area contributed by atoms with Gasteiger partial charge in [-0.05, 0) is 26.0 Å². The summed E-state index contributed by atoms with van der Waals surface area (Å²) in [5.74, 6) is 7.47. The van der Waals surface area contributed by atoms with Crippen LogP contribution in [0.15, 0.2) is 18.2 Å². The van der Waals surface area contributed by atoms with E-state index in [-0.39, 0.29) is 0 Å². The van der Waals surface area contributed by atoms with Crippen LogP contribution in [0.5, 0.6) is 11.5 Å². The molecule has 1 aromatic rings. The largest absolute Gasteiger partial charge is 0.493 e. The first kappa shape index (κ1) is 15.4. The number of methoxy groups -OCH3 is 1. The molecule has 19 heavy (non-hydrogen) atoms. The Morgan fingerprint density at radius 2 is 2.16 bits per heavy atom. The fourth-order valence-corrected chi connectivity index (χ4v) is 1.75. The maximum atomic E-state index is 5.82. The quantitative estimate of drug-likeness (QED) is 0.576. The van der Waals surface area contributed by atoms with E-state index < -0.39 is 0 Å². The van der Waals surface area contributed by atoms with Crippen LogP contribution in [0.2, 0.25) is 0 Å². The third kappa shape index (κ3) is 5.23. The molecule has 0 unspecified atom stereocenters. The van der Waals surface area contributed by atoms with E-state index in [1.54, 1.807) is 7.11 Å². The molecular formula is C16H23NO2. The Kier molecular flexibility index (Phi) is 7.53. The molecule has 1 rings (SSSR count). The summed E-state index contributed by atoms with van der Waals surface area (Å²) in [5.41, 5.74) is 1.12. The van der Waals surface area contributed by atoms with Crippen LogP contribution in [-0.2, 0) is 6.54 Å². The molecule has 0 aliphatic carbocycles. The maximum absolute atomic E-state index is 5.82. The Morgan fingerprint density at radius 3 is 2.84 bits per heavy atom. The van der Waals surface area contributed by atoms with Crippen molar-refractivity contribution in [3.63, 3.8) is 0 Å². The number of hydrogen-bond acceptors (Lipinski definition) is 3. The Labute approximate surface area is 116 Å². The summed E-state index contributed by atoms with van der Waals surface area (Å²) in [4.78, 5) is 0. The van der Waals surface area contributed by atoms with Gasteiger partial charge in [-0.3, -0.25) is 0 Å². The monoisotopic (exact) mass is 261 g/mol. The number of rotatable bonds is 8. The molecule has 1 aromatic carbocycles. The van der Waals surface area contributed by atoms with E-state index in [4.69, 9.17) is 9.47 Å². The van der Waals surface area contributed by atoms with E-state index in [0.717, 1.165) is 43.0 Å². The van der Waals surface area contributed by atoms with Crippen LogP contribution in [0.25, 0.3) is 0 Å². The van der Waals surface area contributed by atoms with Crippen LogP contribution in [0.4, 0.5) is 0 Å². The number of benzene rings is 1. The highest BCUT2D eigenvalue weighted by atomic mass is 16.5. The average Bonchev–Trinajstić information content (AvgIpc) is 2.44. The smallest absolute Gasteiger partial charge is 0.165 e. The summed E-state index contributed by atoms with van der Waals surface area (Å²) in [5, 5.41) is 3.38. The lowest BCUT2D eigenvalue weighted by Gasteiger charge is -2.14. The molecule has 0 aromatic heterocycles. The summed E-state index contributed by atoms with van der Waals surface area (Å²) >= 11 is 0. The van der Waals surface area contributed by atoms with Crippen LogP contribution in [0.1, 0.15) is 32.3 Å². The Hall–Kier alpha value is -1.66. The molecule has 104 valence electrons. The van der Waals surface area contributed by atoms with E-state index in [1.807, 2.05) is 19.1 Å². The molecule has 0 aliphatic heterocycles. The molecule has 3 nitrogen and oxygen atoms in total. The van der Waals surface area contributed by atoms with Gasteiger partial charge in [0.15, 0.2) is 11.5 Å². The predicted molar refractivity (Wildman–Crippen MR) is 78.6 cm³/mol. The molecule has 0 bridgehead atoms. The Bertz CT molecular complexity index is 432. The van der Waals surface area contributed by atoms with Gasteiger partial charge < -0.3 is 14.8 Å². The second kappa shape index (κ2) is 9.29. The van der Waals surface area contributed by atoms with Gasteiger partial charge in [-0.25, -0.2) is 0 Å². The highest BCUT2D eigenvalue weighted by Gasteiger charge is 2.09. The highest BCUT2D eigenvalue weighted by Crippen LogP contribution is 2.31. The summed E-state index contributed by atoms with van der Waals surface area (Å²) in [6.07, 6.45) is 1.85. The zero-order valence-electron chi connectivity index (χ0n) is 12.1. The van der Waals surface area contributed by atoms with Crippen LogP contribution in [-0.4, -0.2) is 20.3 Å². The number of ether oxygens (including phenoxy) is 2. The normalized spacial score (nSPS) is 9.63. The minimum atomic E-state index is 0.585. The van der Waals surface area contributed by atoms with E-state index in [0.29, 0.717) is 6.61 Å². The molecule has 0 aliphatic rings. The van der Waals surface area contributed by atoms with Gasteiger partial charge in [-0.1, -0.05) is 19.1 Å². The van der Waals surface area contributed by atoms with E-state index in [9.17, 15) is 0 Å². The molecule has 0 radical (unpaired) electrons. The van der Waals surface area contributed by atoms with Gasteiger partial charge in [0, 0.05) is 18.5 Å². The third-order valence-corrected chi connectivity index (χ3v) is 2.67. The predicted octanol–water partition coefficient (Wildman–Crippen LogP) is 2.99. The Morgan fingerprint density at radius 1 is 1.32 bits per heavy atom. The minimum absolute atomic E-state index is 0.585. The van der Waals surface area contributed by atoms with Crippen LogP contribution in [0.3, 0.4) is 0 Å². The molecule has 0 fully saturated rings. The summed E-state index contributed by atoms with van der Waals surface area (Å²) < 4.78 is 11.2. The van der Waals surface area contributed by atoms with Crippen LogP contribution < -0.4 is 14.8 Å². The first-order chi connectivity index (χ1) is 9.33. The lowest BCUT2D eigenvalue weighted by Crippen LogP contribution is -2.15. The second-order valence-electron chi connectivity index (χ2n) is 4.15. The summed E-state index contributed by atoms with van der Waals surface area (Å²) in [7, 11) is 1.66. The zero-order chi connectivity index (χ0) is 13.9. The maximum Gasteiger partial charge on any atom is 0.165 e. The van der Waals surface area contributed by atoms with Crippen molar-refractivity contribution < 1.29 is 9.47 Å². The molecule has 0 atom stereocenters. The van der Waals surface area contributed by atoms with Gasteiger partial charge in [0.1, 0.15) is 0 Å². The molecule has 0 saturated heterocycles. The highest BCUT2D eigenvalue weighted by molar-refractivity contribution is 5.46. The number of nitrogens with one attached hydrogen (secondary N) is 1. The molecule has 3 heteroatoms. The standard InChI is InChI=1S/C16H23NO2/c1-4-6-7-12-19-16-14(13-17-11-5-2)9-8-10-15(16)18-3/h8-10,17H,5,7,11-13H2,1-3H3. The SMILES string of the molecule is CC#CCCOc1c(CNCCC)cccc1OC. The van der Waals surface area contributed by atoms with Gasteiger partial charge in [0.2, 0.25) is 0 Å². The third-order valence-electron chi connectivity index (χ3n) is 2.67. The molecular weight excluding hydrogens is 238 g/mol. The number of para-hydroxylation sites is 1. The number of hydrogen-bond donors (Lipinski definition) is 1. The molecule has 0 saturated carbocycles. The molecule has 1 N–H and O–H groups in total. The van der Waals surface area contributed by atoms with Crippen molar-refractivity contribution in [2.24, 2.45) is 0 Å². The summed E-state index contributed by atoms with van der Waals surface area (Å²) in [6.45, 7) is 6.36. The Balaban J connectivity index is 2.73. The van der Waals surface area contributed by atoms with Crippen molar-refractivity contribution in [3.05, 3.63) is 23.8 Å². The average molecular weight is 261 g/mol. The van der Waals surface area contributed by atoms with Gasteiger partial charge in [-0.2, -0.15) is 0 Å². The van der Waals surface area contributed by atoms with Crippen LogP contribution in [0, 0.1) is 11.8 Å². The minimum Gasteiger partial charge on any atom is -0.493 e. The van der Waals surface area contributed by atoms with Gasteiger partial charge in [0.25, 0.3) is 0 Å². The lowest BCUT2D eigenvalue weighted by molar-refractivity contribution is 0.297. The molecule has 0 heterocycles. The van der Waals surface area contributed by atoms with E-state index in [1.165, 1.54) is 0 Å². The fraction of sp³-hybridized carbons (Fsp3) is 0.500. The van der Waals surface area contributed by atoms with Gasteiger partial charge >= 0.3 is 0 Å². The first-order valence-corrected chi connectivity index (χ1v) is 6.72. The van der Waals surface area contributed by atoms with E-state index in [2.05, 4.69) is 30.1 Å². The van der Waals surface area contributed by atoms with Gasteiger partial charge in [-0.15, -0.1) is 11.8 Å². The van der Waals surface area contributed by atoms with Crippen molar-refractivity contribution in [1.29, 1.82) is 0 Å². The van der Waals surface area contributed by atoms with Crippen molar-refractivity contribution in [1.82, 2.24) is 5.32 Å². The van der Waals surface area contributed by atoms with E-state index >= 15 is 0 Å². The van der Waals surface area contributed by atoms with Crippen molar-refractivity contribution in [3.8, 4) is 23.3 Å². The topological polar surface area (TPSA) is 30.5 Å². The van der Waals surface area contributed by atoms with Gasteiger partial charge in [0.05, 0.1) is 13.7 Å². The zero-order valence-corrected chi connectivity index (χ0v) is 12.1. The van der Waals surface area contributed by atoms with Crippen molar-refractivity contribution in [2.45, 2.75) is 33.2 Å². The van der Waals surface area contributed by atoms with Crippen molar-refractivity contribution >= 4 is 0 Å². The molecule has 0 amide bonds. The lowest BCUT2D eigenvalue weighted by atomic mass is 10.2. The summed E-state index contributed by atoms with van der Waals surface area (Å²) in [6, 6.07) is 5.97. The molecule has 0 spiro atoms. The first-order valence-electron chi connectivity index (χ1n) is 6.72. The van der Waals surface area contributed by atoms with Crippen LogP contribution >= 0.6 is 0 Å². The second-order valence-corrected chi connectivity index (χ2v) is 4.15. The van der Waals surface area contributed by atoms with Crippen molar-refractivity contribution in [2.75, 3.05) is 20.3 Å². The fourth-order valence-electron chi connectivity index (χ4n) is 1.75.